The lowest BCUT2D eigenvalue weighted by atomic mass is 9.96. The van der Waals surface area contributed by atoms with Crippen LogP contribution in [-0.2, 0) is 6.42 Å². The van der Waals surface area contributed by atoms with E-state index >= 15 is 0 Å². The van der Waals surface area contributed by atoms with Gasteiger partial charge in [-0.1, -0.05) is 30.3 Å². The van der Waals surface area contributed by atoms with Crippen molar-refractivity contribution in [3.05, 3.63) is 65.7 Å². The van der Waals surface area contributed by atoms with E-state index in [0.717, 1.165) is 49.2 Å². The molecule has 4 heteroatoms. The second-order valence-corrected chi connectivity index (χ2v) is 8.40. The smallest absolute Gasteiger partial charge is 0.253 e. The number of hydrogen-bond acceptors (Lipinski definition) is 3. The second kappa shape index (κ2) is 9.24. The van der Waals surface area contributed by atoms with Gasteiger partial charge in [0.25, 0.3) is 5.91 Å². The molecule has 1 saturated heterocycles. The third-order valence-corrected chi connectivity index (χ3v) is 5.23. The molecule has 1 N–H and O–H groups in total. The van der Waals surface area contributed by atoms with Crippen molar-refractivity contribution in [2.75, 3.05) is 19.7 Å². The SMILES string of the molecule is CC(C)(O)CCc1cccc(C(=O)N2CCCC(COc3ccccc3)C2)c1. The molecule has 4 nitrogen and oxygen atoms in total. The average molecular weight is 382 g/mol. The standard InChI is InChI=1S/C24H31NO3/c1-24(2,27)14-13-19-8-6-10-21(16-19)23(26)25-15-7-9-20(17-25)18-28-22-11-4-3-5-12-22/h3-6,8,10-12,16,20,27H,7,9,13-15,17-18H2,1-2H3. The molecule has 1 heterocycles. The van der Waals surface area contributed by atoms with Crippen LogP contribution in [0, 0.1) is 5.92 Å². The van der Waals surface area contributed by atoms with Crippen molar-refractivity contribution in [1.82, 2.24) is 4.90 Å². The number of aliphatic hydroxyl groups is 1. The van der Waals surface area contributed by atoms with Gasteiger partial charge in [0.05, 0.1) is 12.2 Å². The van der Waals surface area contributed by atoms with Crippen LogP contribution in [0.2, 0.25) is 0 Å². The van der Waals surface area contributed by atoms with Gasteiger partial charge in [-0.2, -0.15) is 0 Å². The summed E-state index contributed by atoms with van der Waals surface area (Å²) in [6.45, 7) is 5.80. The van der Waals surface area contributed by atoms with Crippen LogP contribution < -0.4 is 4.74 Å². The largest absolute Gasteiger partial charge is 0.493 e. The van der Waals surface area contributed by atoms with E-state index < -0.39 is 5.60 Å². The molecule has 0 spiro atoms. The zero-order valence-electron chi connectivity index (χ0n) is 16.9. The van der Waals surface area contributed by atoms with Gasteiger partial charge in [0.15, 0.2) is 0 Å². The second-order valence-electron chi connectivity index (χ2n) is 8.40. The maximum absolute atomic E-state index is 13.0. The Hall–Kier alpha value is -2.33. The van der Waals surface area contributed by atoms with Crippen LogP contribution in [-0.4, -0.2) is 41.2 Å². The highest BCUT2D eigenvalue weighted by Crippen LogP contribution is 2.21. The number of nitrogens with zero attached hydrogens (tertiary/aromatic N) is 1. The summed E-state index contributed by atoms with van der Waals surface area (Å²) in [5, 5.41) is 9.94. The van der Waals surface area contributed by atoms with E-state index in [4.69, 9.17) is 4.74 Å². The van der Waals surface area contributed by atoms with Crippen LogP contribution in [0.1, 0.15) is 49.0 Å². The Bertz CT molecular complexity index is 767. The third-order valence-electron chi connectivity index (χ3n) is 5.23. The highest BCUT2D eigenvalue weighted by molar-refractivity contribution is 5.94. The molecule has 1 atom stereocenters. The van der Waals surface area contributed by atoms with Crippen LogP contribution in [0.25, 0.3) is 0 Å². The zero-order valence-corrected chi connectivity index (χ0v) is 16.9. The van der Waals surface area contributed by atoms with E-state index in [9.17, 15) is 9.90 Å². The number of ether oxygens (including phenoxy) is 1. The lowest BCUT2D eigenvalue weighted by Crippen LogP contribution is -2.41. The quantitative estimate of drug-likeness (QED) is 0.777. The molecule has 1 amide bonds. The molecule has 0 radical (unpaired) electrons. The van der Waals surface area contributed by atoms with E-state index in [1.807, 2.05) is 73.3 Å². The number of likely N-dealkylation sites (tertiary alicyclic amines) is 1. The van der Waals surface area contributed by atoms with E-state index in [-0.39, 0.29) is 5.91 Å². The van der Waals surface area contributed by atoms with Crippen LogP contribution in [0.3, 0.4) is 0 Å². The van der Waals surface area contributed by atoms with Gasteiger partial charge in [-0.25, -0.2) is 0 Å². The summed E-state index contributed by atoms with van der Waals surface area (Å²) in [6, 6.07) is 17.7. The normalized spacial score (nSPS) is 17.4. The third kappa shape index (κ3) is 6.10. The molecular formula is C24H31NO3. The Kier molecular flexibility index (Phi) is 6.74. The molecule has 0 bridgehead atoms. The summed E-state index contributed by atoms with van der Waals surface area (Å²) in [5.41, 5.74) is 1.13. The van der Waals surface area contributed by atoms with E-state index in [2.05, 4.69) is 0 Å². The Morgan fingerprint density at radius 2 is 1.96 bits per heavy atom. The van der Waals surface area contributed by atoms with Crippen LogP contribution >= 0.6 is 0 Å². The molecule has 2 aromatic carbocycles. The van der Waals surface area contributed by atoms with Gasteiger partial charge in [-0.3, -0.25) is 4.79 Å². The van der Waals surface area contributed by atoms with Crippen molar-refractivity contribution in [2.24, 2.45) is 5.92 Å². The maximum atomic E-state index is 13.0. The van der Waals surface area contributed by atoms with Gasteiger partial charge in [0.2, 0.25) is 0 Å². The molecule has 1 aliphatic heterocycles. The summed E-state index contributed by atoms with van der Waals surface area (Å²) in [6.07, 6.45) is 3.53. The molecule has 28 heavy (non-hydrogen) atoms. The summed E-state index contributed by atoms with van der Waals surface area (Å²) in [5.74, 6) is 1.33. The first-order chi connectivity index (χ1) is 13.4. The fourth-order valence-electron chi connectivity index (χ4n) is 3.61. The molecule has 1 unspecified atom stereocenters. The molecule has 3 rings (SSSR count). The number of benzene rings is 2. The number of piperidine rings is 1. The van der Waals surface area contributed by atoms with Crippen molar-refractivity contribution >= 4 is 5.91 Å². The first kappa shape index (κ1) is 20.4. The molecule has 1 aliphatic rings. The predicted octanol–water partition coefficient (Wildman–Crippen LogP) is 4.32. The van der Waals surface area contributed by atoms with Crippen LogP contribution in [0.15, 0.2) is 54.6 Å². The summed E-state index contributed by atoms with van der Waals surface area (Å²) < 4.78 is 5.90. The predicted molar refractivity (Wildman–Crippen MR) is 112 cm³/mol. The lowest BCUT2D eigenvalue weighted by Gasteiger charge is -2.32. The minimum atomic E-state index is -0.696. The van der Waals surface area contributed by atoms with Gasteiger partial charge < -0.3 is 14.7 Å². The topological polar surface area (TPSA) is 49.8 Å². The fourth-order valence-corrected chi connectivity index (χ4v) is 3.61. The molecule has 2 aromatic rings. The molecule has 0 saturated carbocycles. The first-order valence-electron chi connectivity index (χ1n) is 10.2. The number of rotatable bonds is 7. The zero-order chi connectivity index (χ0) is 20.0. The van der Waals surface area contributed by atoms with Gasteiger partial charge in [-0.15, -0.1) is 0 Å². The van der Waals surface area contributed by atoms with Crippen molar-refractivity contribution in [3.8, 4) is 5.75 Å². The number of para-hydroxylation sites is 1. The minimum Gasteiger partial charge on any atom is -0.493 e. The highest BCUT2D eigenvalue weighted by atomic mass is 16.5. The Morgan fingerprint density at radius 3 is 2.71 bits per heavy atom. The van der Waals surface area contributed by atoms with Crippen LogP contribution in [0.4, 0.5) is 0 Å². The Balaban J connectivity index is 1.57. The number of carbonyl (C=O) groups is 1. The monoisotopic (exact) mass is 381 g/mol. The van der Waals surface area contributed by atoms with E-state index in [1.54, 1.807) is 0 Å². The van der Waals surface area contributed by atoms with Crippen molar-refractivity contribution in [2.45, 2.75) is 45.1 Å². The number of amides is 1. The first-order valence-corrected chi connectivity index (χ1v) is 10.2. The molecule has 0 aliphatic carbocycles. The number of carbonyl (C=O) groups excluding carboxylic acids is 1. The van der Waals surface area contributed by atoms with Gasteiger partial charge >= 0.3 is 0 Å². The summed E-state index contributed by atoms with van der Waals surface area (Å²) >= 11 is 0. The number of hydrogen-bond donors (Lipinski definition) is 1. The summed E-state index contributed by atoms with van der Waals surface area (Å²) in [7, 11) is 0. The van der Waals surface area contributed by atoms with Gasteiger partial charge in [-0.05, 0) is 69.4 Å². The van der Waals surface area contributed by atoms with Gasteiger partial charge in [0.1, 0.15) is 5.75 Å². The molecule has 1 fully saturated rings. The lowest BCUT2D eigenvalue weighted by molar-refractivity contribution is 0.0633. The van der Waals surface area contributed by atoms with Crippen molar-refractivity contribution in [3.63, 3.8) is 0 Å². The molecule has 0 aromatic heterocycles. The van der Waals surface area contributed by atoms with E-state index in [1.165, 1.54) is 0 Å². The summed E-state index contributed by atoms with van der Waals surface area (Å²) in [4.78, 5) is 15.0. The average Bonchev–Trinajstić information content (AvgIpc) is 2.71. The van der Waals surface area contributed by atoms with Crippen LogP contribution in [0.5, 0.6) is 5.75 Å². The van der Waals surface area contributed by atoms with E-state index in [0.29, 0.717) is 18.9 Å². The Morgan fingerprint density at radius 1 is 1.18 bits per heavy atom. The maximum Gasteiger partial charge on any atom is 0.253 e. The van der Waals surface area contributed by atoms with Crippen molar-refractivity contribution in [1.29, 1.82) is 0 Å². The molecular weight excluding hydrogens is 350 g/mol. The Labute approximate surface area is 168 Å². The molecule has 150 valence electrons. The minimum absolute atomic E-state index is 0.0921. The fraction of sp³-hybridized carbons (Fsp3) is 0.458. The number of aryl methyl sites for hydroxylation is 1. The highest BCUT2D eigenvalue weighted by Gasteiger charge is 2.25. The van der Waals surface area contributed by atoms with Crippen molar-refractivity contribution < 1.29 is 14.6 Å². The van der Waals surface area contributed by atoms with Gasteiger partial charge in [0, 0.05) is 24.6 Å².